The maximum absolute atomic E-state index is 13.5. The zero-order chi connectivity index (χ0) is 112. The van der Waals surface area contributed by atoms with Crippen LogP contribution in [-0.2, 0) is 63.9 Å². The van der Waals surface area contributed by atoms with Crippen molar-refractivity contribution in [2.45, 2.75) is 258 Å². The minimum absolute atomic E-state index is 0.0918. The molecule has 13 rings (SSSR count). The molecule has 5 aromatic heterocycles. The van der Waals surface area contributed by atoms with Crippen LogP contribution in [0, 0.1) is 133 Å². The first-order valence-electron chi connectivity index (χ1n) is 49.3. The maximum atomic E-state index is 13.5. The smallest absolute Gasteiger partial charge is 0.294 e. The first-order valence-corrected chi connectivity index (χ1v) is 49.3. The zero-order valence-corrected chi connectivity index (χ0v) is 90.2. The van der Waals surface area contributed by atoms with Gasteiger partial charge in [-0.05, 0) is 342 Å². The van der Waals surface area contributed by atoms with Crippen molar-refractivity contribution in [1.29, 1.82) is 0 Å². The zero-order valence-electron chi connectivity index (χ0n) is 90.2. The first kappa shape index (κ1) is 118. The molecule has 6 heterocycles. The third kappa shape index (κ3) is 26.6. The number of ketones is 5. The van der Waals surface area contributed by atoms with Crippen molar-refractivity contribution in [3.05, 3.63) is 260 Å². The number of amides is 10. The lowest BCUT2D eigenvalue weighted by Gasteiger charge is -2.41. The van der Waals surface area contributed by atoms with Crippen LogP contribution in [0.15, 0.2) is 91.0 Å². The van der Waals surface area contributed by atoms with E-state index in [1.807, 2.05) is 41.5 Å². The van der Waals surface area contributed by atoms with Crippen molar-refractivity contribution >= 4 is 116 Å². The van der Waals surface area contributed by atoms with Gasteiger partial charge in [0.1, 0.15) is 29.1 Å². The van der Waals surface area contributed by atoms with E-state index in [0.29, 0.717) is 161 Å². The number of hydrogen-bond donors (Lipinski definition) is 11. The summed E-state index contributed by atoms with van der Waals surface area (Å²) in [4.78, 5) is 192. The molecule has 10 aromatic rings. The fourth-order valence-electron chi connectivity index (χ4n) is 18.6. The number of rotatable bonds is 31. The van der Waals surface area contributed by atoms with Gasteiger partial charge in [-0.25, -0.2) is 22.0 Å². The highest BCUT2D eigenvalue weighted by Crippen LogP contribution is 2.40. The Morgan fingerprint density at radius 2 is 0.544 bits per heavy atom. The van der Waals surface area contributed by atoms with Gasteiger partial charge in [0.2, 0.25) is 0 Å². The third-order valence-electron chi connectivity index (χ3n) is 28.6. The van der Waals surface area contributed by atoms with E-state index in [1.165, 1.54) is 83.4 Å². The van der Waals surface area contributed by atoms with Gasteiger partial charge < -0.3 is 85.8 Å². The van der Waals surface area contributed by atoms with Gasteiger partial charge in [-0.2, -0.15) is 0 Å². The minimum Gasteiger partial charge on any atom is -0.394 e. The summed E-state index contributed by atoms with van der Waals surface area (Å²) in [6, 6.07) is 21.4. The van der Waals surface area contributed by atoms with Crippen LogP contribution in [0.3, 0.4) is 0 Å². The predicted octanol–water partition coefficient (Wildman–Crippen LogP) is 17.4. The van der Waals surface area contributed by atoms with Gasteiger partial charge in [0.15, 0.2) is 0 Å². The predicted molar refractivity (Wildman–Crippen MR) is 560 cm³/mol. The summed E-state index contributed by atoms with van der Waals surface area (Å²) >= 11 is 0. The Morgan fingerprint density at radius 3 is 0.732 bits per heavy atom. The van der Waals surface area contributed by atoms with Crippen LogP contribution in [0.2, 0.25) is 0 Å². The van der Waals surface area contributed by atoms with Crippen LogP contribution in [0.5, 0.6) is 0 Å². The average molecular weight is 2060 g/mol. The van der Waals surface area contributed by atoms with Gasteiger partial charge in [-0.15, -0.1) is 0 Å². The standard InChI is InChI=1S/C23H28FN3O4.C23H28FN3O3.C23H30FN3O3.C22H26FN3O3.C21H26FN3O4/c1-6-23(9-10-31-12-23)26-22(30)20(28)19-14(3)18(15(4)27(19)5)21(29)25-16-7-8-17(24)13(2)11-16;1-6-23(10-7-11-23)26-22(30)20(28)19-14(3)18(15(4)27(19)5)21(29)25-16-8-9-17(24)13(2)12-16;1-8-11-23(5,6)26-22(30)20(28)19-14(3)18(15(4)27(19)7)21(29)25-16-9-10-17(24)13(2)12-16;1-6-22(9-10-22)25-21(29)19(27)18-13(3)17(14(4)26(18)5)20(28)24-15-7-8-16(23)12(2)11-15;1-11-9-14(7-8-15(11)22)23-19(28)16-12(2)17(25(6)13(16)3)18(27)20(29)24-21(4,5)10-26/h7-8,11H,6,9-10,12H2,1-5H3,(H,25,29)(H,26,30);8-9,12H,6-7,10-11H2,1-5H3,(H,25,29)(H,26,30);9-10,12H,8,11H2,1-7H3,(H,25,29)(H,26,30);7-8,11H,6,9-10H2,1-5H3,(H,24,28)(H,25,29);7-9,26H,10H2,1-6H3,(H,23,28)(H,24,29). The molecule has 10 amide bonds. The third-order valence-corrected chi connectivity index (χ3v) is 28.6. The molecule has 1 atom stereocenters. The SMILES string of the molecule is CCC1(NC(=O)C(=O)c2c(C)c(C(=O)Nc3ccc(F)c(C)c3)c(C)n2C)CC1.CCC1(NC(=O)C(=O)c2c(C)c(C(=O)Nc3ccc(F)c(C)c3)c(C)n2C)CCC1.CCC1(NC(=O)C(=O)c2c(C)c(C(=O)Nc3ccc(F)c(C)c3)c(C)n2C)CCOC1.CCCC(C)(C)NC(=O)C(=O)c1c(C)c(C(=O)Nc2ccc(F)c(C)c2)c(C)n1C.Cc1cc(NC(=O)c2c(C)c(C(=O)C(=O)NC(C)(C)CO)n(C)c2C)ccc1F. The topological polar surface area (TPSA) is 430 Å². The summed E-state index contributed by atoms with van der Waals surface area (Å²) in [7, 11) is 8.22. The van der Waals surface area contributed by atoms with E-state index in [0.717, 1.165) is 57.8 Å². The number of hydrogen-bond acceptors (Lipinski definition) is 17. The number of Topliss-reactive ketones (excluding diaryl/α,β-unsaturated/α-hetero) is 5. The molecule has 5 aromatic carbocycles. The number of aryl methyl sites for hydroxylation is 5. The van der Waals surface area contributed by atoms with Crippen molar-refractivity contribution in [1.82, 2.24) is 49.4 Å². The van der Waals surface area contributed by atoms with Gasteiger partial charge in [-0.3, -0.25) is 71.9 Å². The van der Waals surface area contributed by atoms with Gasteiger partial charge in [-0.1, -0.05) is 34.1 Å². The Balaban J connectivity index is 0.000000207. The molecule has 3 fully saturated rings. The van der Waals surface area contributed by atoms with Gasteiger partial charge in [0.25, 0.3) is 88.0 Å². The number of halogens is 5. The maximum Gasteiger partial charge on any atom is 0.294 e. The molecule has 2 aliphatic carbocycles. The van der Waals surface area contributed by atoms with Gasteiger partial charge >= 0.3 is 0 Å². The van der Waals surface area contributed by atoms with E-state index >= 15 is 0 Å². The highest BCUT2D eigenvalue weighted by molar-refractivity contribution is 6.46. The summed E-state index contributed by atoms with van der Waals surface area (Å²) in [5.41, 5.74) is 9.06. The molecule has 3 aliphatic rings. The number of benzene rings is 5. The van der Waals surface area contributed by atoms with E-state index < -0.39 is 105 Å². The molecule has 32 nitrogen and oxygen atoms in total. The fourth-order valence-corrected chi connectivity index (χ4v) is 18.6. The normalized spacial score (nSPS) is 14.0. The van der Waals surface area contributed by atoms with Crippen molar-refractivity contribution < 1.29 is 104 Å². The minimum atomic E-state index is -0.957. The summed E-state index contributed by atoms with van der Waals surface area (Å²) in [5.74, 6) is -10.9. The Labute approximate surface area is 864 Å². The molecule has 1 unspecified atom stereocenters. The highest BCUT2D eigenvalue weighted by Gasteiger charge is 2.46. The summed E-state index contributed by atoms with van der Waals surface area (Å²) in [5, 5.41) is 36.8. The van der Waals surface area contributed by atoms with Crippen molar-refractivity contribution in [3.63, 3.8) is 0 Å². The monoisotopic (exact) mass is 2060 g/mol. The summed E-state index contributed by atoms with van der Waals surface area (Å²) in [6.07, 6.45) is 9.01. The average Bonchev–Trinajstić information content (AvgIpc) is 1.57. The van der Waals surface area contributed by atoms with Crippen LogP contribution in [-0.4, -0.2) is 163 Å². The Bertz CT molecular complexity index is 6850. The van der Waals surface area contributed by atoms with E-state index in [1.54, 1.807) is 183 Å². The van der Waals surface area contributed by atoms with Gasteiger partial charge in [0, 0.05) is 115 Å². The van der Waals surface area contributed by atoms with Gasteiger partial charge in [0.05, 0.1) is 80.6 Å². The number of anilines is 5. The number of nitrogens with one attached hydrogen (secondary N) is 10. The quantitative estimate of drug-likeness (QED) is 0.0109. The number of ether oxygens (including phenoxy) is 1. The molecule has 0 radical (unpaired) electrons. The second-order valence-electron chi connectivity index (χ2n) is 40.2. The van der Waals surface area contributed by atoms with E-state index in [-0.39, 0.29) is 80.8 Å². The first-order chi connectivity index (χ1) is 69.6. The molecule has 1 saturated heterocycles. The van der Waals surface area contributed by atoms with Crippen LogP contribution in [0.25, 0.3) is 0 Å². The second kappa shape index (κ2) is 48.0. The number of aliphatic hydroxyl groups excluding tert-OH is 1. The highest BCUT2D eigenvalue weighted by atomic mass is 19.1. The van der Waals surface area contributed by atoms with E-state index in [2.05, 4.69) is 53.2 Å². The lowest BCUT2D eigenvalue weighted by Crippen LogP contribution is -2.54. The molecule has 0 spiro atoms. The molecule has 0 bridgehead atoms. The number of carbonyl (C=O) groups excluding carboxylic acids is 15. The van der Waals surface area contributed by atoms with Crippen LogP contribution in [0.1, 0.15) is 314 Å². The van der Waals surface area contributed by atoms with Crippen LogP contribution < -0.4 is 53.2 Å². The molecule has 798 valence electrons. The lowest BCUT2D eigenvalue weighted by molar-refractivity contribution is -0.120. The molecule has 149 heavy (non-hydrogen) atoms. The van der Waals surface area contributed by atoms with E-state index in [4.69, 9.17) is 4.74 Å². The van der Waals surface area contributed by atoms with Crippen molar-refractivity contribution in [2.24, 2.45) is 35.2 Å². The molecule has 11 N–H and O–H groups in total. The van der Waals surface area contributed by atoms with Crippen LogP contribution in [0.4, 0.5) is 50.4 Å². The van der Waals surface area contributed by atoms with Crippen molar-refractivity contribution in [3.8, 4) is 0 Å². The Hall–Kier alpha value is -14.9. The van der Waals surface area contributed by atoms with E-state index in [9.17, 15) is 99.0 Å². The number of carbonyl (C=O) groups is 15. The number of aromatic nitrogens is 5. The summed E-state index contributed by atoms with van der Waals surface area (Å²) < 4.78 is 80.6. The fraction of sp³-hybridized carbons (Fsp3) is 0.420. The molecular formula is C112H138F5N15O17. The number of aliphatic hydroxyl groups is 1. The molecule has 1 aliphatic heterocycles. The second-order valence-corrected chi connectivity index (χ2v) is 40.2. The Kier molecular flexibility index (Phi) is 37.9. The summed E-state index contributed by atoms with van der Waals surface area (Å²) in [6.45, 7) is 40.2. The van der Waals surface area contributed by atoms with Crippen molar-refractivity contribution in [2.75, 3.05) is 46.4 Å². The molecule has 37 heteroatoms. The lowest BCUT2D eigenvalue weighted by atomic mass is 9.74. The number of nitrogens with zero attached hydrogens (tertiary/aromatic N) is 5. The Morgan fingerprint density at radius 1 is 0.322 bits per heavy atom. The van der Waals surface area contributed by atoms with Crippen LogP contribution >= 0.6 is 0 Å². The molecule has 2 saturated carbocycles. The largest absolute Gasteiger partial charge is 0.394 e. The molecular weight excluding hydrogens is 1920 g/mol.